The van der Waals surface area contributed by atoms with Gasteiger partial charge < -0.3 is 31.0 Å². The summed E-state index contributed by atoms with van der Waals surface area (Å²) in [6, 6.07) is 10.4. The smallest absolute Gasteiger partial charge is 0.332 e. The minimum Gasteiger partial charge on any atom is -0.367 e. The van der Waals surface area contributed by atoms with Crippen LogP contribution in [0.25, 0.3) is 10.8 Å². The van der Waals surface area contributed by atoms with Crippen LogP contribution in [0, 0.1) is 5.92 Å². The molecule has 0 bridgehead atoms. The van der Waals surface area contributed by atoms with E-state index in [0.29, 0.717) is 31.3 Å². The number of carbonyl (C=O) groups is 4. The van der Waals surface area contributed by atoms with Gasteiger partial charge in [0.2, 0.25) is 27.8 Å². The number of nitrogens with two attached hydrogens (primary N) is 1. The number of nitrogens with zero attached hydrogens (tertiary/aromatic N) is 5. The fourth-order valence-corrected chi connectivity index (χ4v) is 6.97. The number of amides is 3. The summed E-state index contributed by atoms with van der Waals surface area (Å²) in [5, 5.41) is 10.8. The Kier molecular flexibility index (Phi) is 11.9. The molecule has 2 aromatic carbocycles. The average molecular weight is 708 g/mol. The molecule has 2 heterocycles. The Hall–Kier alpha value is -5.16. The van der Waals surface area contributed by atoms with Gasteiger partial charge in [-0.2, -0.15) is 4.72 Å². The number of carbonyl (C=O) groups excluding carboxylic acids is 4. The quantitative estimate of drug-likeness (QED) is 0.0792. The topological polar surface area (TPSA) is 218 Å². The molecule has 0 spiro atoms. The first-order valence-corrected chi connectivity index (χ1v) is 17.9. The number of aromatic nitrogens is 2. The number of nitrogens with one attached hydrogen (secondary N) is 3. The van der Waals surface area contributed by atoms with Gasteiger partial charge in [-0.15, -0.1) is 0 Å². The molecule has 2 atom stereocenters. The van der Waals surface area contributed by atoms with E-state index in [4.69, 9.17) is 5.73 Å². The van der Waals surface area contributed by atoms with Gasteiger partial charge in [0.05, 0.1) is 17.5 Å². The predicted octanol–water partition coefficient (Wildman–Crippen LogP) is 0.709. The monoisotopic (exact) mass is 707 g/mol. The summed E-state index contributed by atoms with van der Waals surface area (Å²) >= 11 is 0. The zero-order valence-electron chi connectivity index (χ0n) is 27.7. The molecule has 2 fully saturated rings. The van der Waals surface area contributed by atoms with Crippen LogP contribution in [0.3, 0.4) is 0 Å². The van der Waals surface area contributed by atoms with Crippen molar-refractivity contribution >= 4 is 50.4 Å². The lowest BCUT2D eigenvalue weighted by Crippen LogP contribution is -2.53. The van der Waals surface area contributed by atoms with Crippen LogP contribution in [-0.4, -0.2) is 103 Å². The molecule has 16 nitrogen and oxygen atoms in total. The third kappa shape index (κ3) is 9.94. The summed E-state index contributed by atoms with van der Waals surface area (Å²) < 4.78 is 29.9. The molecule has 5 rings (SSSR count). The van der Waals surface area contributed by atoms with E-state index in [0.717, 1.165) is 18.2 Å². The van der Waals surface area contributed by atoms with Crippen molar-refractivity contribution in [1.82, 2.24) is 35.1 Å². The summed E-state index contributed by atoms with van der Waals surface area (Å²) in [5.74, 6) is -2.12. The molecule has 3 aromatic rings. The Labute approximate surface area is 289 Å². The summed E-state index contributed by atoms with van der Waals surface area (Å²) in [6.07, 6.45) is 6.68. The maximum Gasteiger partial charge on any atom is 0.332 e. The van der Waals surface area contributed by atoms with Crippen molar-refractivity contribution in [2.24, 2.45) is 16.8 Å². The van der Waals surface area contributed by atoms with E-state index in [2.05, 4.69) is 35.3 Å². The number of sulfonamides is 1. The number of likely N-dealkylation sites (tertiary alicyclic amines) is 1. The SMILES string of the molecule is CC(=O)ON=C(N)N1CCC[C@@H](CNC(=O)C[C@H](NS(=O)(=O)c2ccc3ccccc3c2)C(=O)N(CCNC(=O)c2cnccn2)C2CC2)C1. The predicted molar refractivity (Wildman–Crippen MR) is 182 cm³/mol. The highest BCUT2D eigenvalue weighted by molar-refractivity contribution is 7.89. The van der Waals surface area contributed by atoms with Crippen molar-refractivity contribution in [3.05, 3.63) is 66.7 Å². The highest BCUT2D eigenvalue weighted by Crippen LogP contribution is 2.28. The number of hydrogen-bond donors (Lipinski definition) is 4. The Morgan fingerprint density at radius 1 is 1.08 bits per heavy atom. The van der Waals surface area contributed by atoms with Crippen molar-refractivity contribution in [1.29, 1.82) is 0 Å². The molecule has 266 valence electrons. The van der Waals surface area contributed by atoms with Crippen LogP contribution in [0.2, 0.25) is 0 Å². The Morgan fingerprint density at radius 2 is 1.86 bits per heavy atom. The van der Waals surface area contributed by atoms with E-state index in [1.165, 1.54) is 42.5 Å². The van der Waals surface area contributed by atoms with Crippen molar-refractivity contribution < 1.29 is 32.4 Å². The van der Waals surface area contributed by atoms with Crippen LogP contribution in [0.15, 0.2) is 71.1 Å². The third-order valence-electron chi connectivity index (χ3n) is 8.42. The van der Waals surface area contributed by atoms with Gasteiger partial charge in [0.25, 0.3) is 5.91 Å². The standard InChI is InChI=1S/C33H41N9O7S/c1-22(43)49-39-33(34)41-15-4-5-23(21-41)19-38-30(44)18-28(40-50(47,48)27-11-8-24-6-2-3-7-25(24)17-27)32(46)42(26-9-10-26)16-14-37-31(45)29-20-35-12-13-36-29/h2-3,6-8,11-13,17,20,23,26,28,40H,4-5,9-10,14-16,18-19,21H2,1H3,(H2,34,39)(H,37,45)(H,38,44)/t23-,28-/m0/s1. The lowest BCUT2D eigenvalue weighted by atomic mass is 9.98. The second kappa shape index (κ2) is 16.5. The number of guanidine groups is 1. The van der Waals surface area contributed by atoms with Gasteiger partial charge >= 0.3 is 5.97 Å². The normalized spacial score (nSPS) is 17.1. The average Bonchev–Trinajstić information content (AvgIpc) is 3.96. The molecule has 2 aliphatic rings. The van der Waals surface area contributed by atoms with Crippen LogP contribution in [0.1, 0.15) is 49.5 Å². The Morgan fingerprint density at radius 3 is 2.58 bits per heavy atom. The Bertz CT molecular complexity index is 1840. The number of piperidine rings is 1. The first kappa shape index (κ1) is 36.1. The number of rotatable bonds is 14. The second-order valence-electron chi connectivity index (χ2n) is 12.3. The van der Waals surface area contributed by atoms with Gasteiger partial charge in [-0.3, -0.25) is 19.4 Å². The van der Waals surface area contributed by atoms with E-state index < -0.39 is 46.2 Å². The summed E-state index contributed by atoms with van der Waals surface area (Å²) in [5.41, 5.74) is 6.09. The van der Waals surface area contributed by atoms with Crippen molar-refractivity contribution in [2.45, 2.75) is 56.0 Å². The van der Waals surface area contributed by atoms with E-state index in [1.54, 1.807) is 23.1 Å². The molecule has 1 saturated carbocycles. The summed E-state index contributed by atoms with van der Waals surface area (Å²) in [7, 11) is -4.25. The van der Waals surface area contributed by atoms with Gasteiger partial charge in [-0.05, 0) is 59.7 Å². The number of fused-ring (bicyclic) bond motifs is 1. The first-order chi connectivity index (χ1) is 24.0. The molecule has 0 radical (unpaired) electrons. The number of oxime groups is 1. The maximum absolute atomic E-state index is 14.1. The minimum atomic E-state index is -4.25. The van der Waals surface area contributed by atoms with Crippen LogP contribution < -0.4 is 21.1 Å². The molecule has 1 aromatic heterocycles. The van der Waals surface area contributed by atoms with E-state index >= 15 is 0 Å². The fraction of sp³-hybridized carbons (Fsp3) is 0.424. The van der Waals surface area contributed by atoms with Gasteiger partial charge in [-0.1, -0.05) is 30.3 Å². The molecule has 1 aliphatic heterocycles. The molecule has 1 aliphatic carbocycles. The van der Waals surface area contributed by atoms with Crippen LogP contribution >= 0.6 is 0 Å². The summed E-state index contributed by atoms with van der Waals surface area (Å²) in [4.78, 5) is 66.8. The lowest BCUT2D eigenvalue weighted by molar-refractivity contribution is -0.141. The summed E-state index contributed by atoms with van der Waals surface area (Å²) in [6.45, 7) is 2.69. The third-order valence-corrected chi connectivity index (χ3v) is 9.89. The van der Waals surface area contributed by atoms with Gasteiger partial charge in [-0.25, -0.2) is 18.2 Å². The molecule has 0 unspecified atom stereocenters. The molecular formula is C33H41N9O7S. The van der Waals surface area contributed by atoms with E-state index in [9.17, 15) is 27.6 Å². The molecule has 3 amide bonds. The van der Waals surface area contributed by atoms with E-state index in [-0.39, 0.29) is 48.1 Å². The first-order valence-electron chi connectivity index (χ1n) is 16.4. The molecule has 50 heavy (non-hydrogen) atoms. The zero-order chi connectivity index (χ0) is 35.7. The fourth-order valence-electron chi connectivity index (χ4n) is 5.75. The zero-order valence-corrected chi connectivity index (χ0v) is 28.5. The lowest BCUT2D eigenvalue weighted by Gasteiger charge is -2.33. The van der Waals surface area contributed by atoms with Crippen molar-refractivity contribution in [3.8, 4) is 0 Å². The van der Waals surface area contributed by atoms with Crippen molar-refractivity contribution in [3.63, 3.8) is 0 Å². The molecular weight excluding hydrogens is 666 g/mol. The van der Waals surface area contributed by atoms with Gasteiger partial charge in [0.1, 0.15) is 11.7 Å². The van der Waals surface area contributed by atoms with Gasteiger partial charge in [0, 0.05) is 58.1 Å². The second-order valence-corrected chi connectivity index (χ2v) is 14.0. The Balaban J connectivity index is 1.28. The molecule has 5 N–H and O–H groups in total. The molecule has 17 heteroatoms. The molecule has 1 saturated heterocycles. The van der Waals surface area contributed by atoms with Crippen LogP contribution in [-0.2, 0) is 29.2 Å². The van der Waals surface area contributed by atoms with Crippen LogP contribution in [0.4, 0.5) is 0 Å². The highest BCUT2D eigenvalue weighted by atomic mass is 32.2. The number of benzene rings is 2. The van der Waals surface area contributed by atoms with E-state index in [1.807, 2.05) is 12.1 Å². The van der Waals surface area contributed by atoms with Gasteiger partial charge in [0.15, 0.2) is 0 Å². The van der Waals surface area contributed by atoms with Crippen LogP contribution in [0.5, 0.6) is 0 Å². The number of hydrogen-bond acceptors (Lipinski definition) is 10. The van der Waals surface area contributed by atoms with Crippen molar-refractivity contribution in [2.75, 3.05) is 32.7 Å². The largest absolute Gasteiger partial charge is 0.367 e. The maximum atomic E-state index is 14.1. The highest BCUT2D eigenvalue weighted by Gasteiger charge is 2.38. The minimum absolute atomic E-state index is 0.0249.